The first-order valence-corrected chi connectivity index (χ1v) is 18.1. The van der Waals surface area contributed by atoms with E-state index in [2.05, 4.69) is 46.8 Å². The van der Waals surface area contributed by atoms with Crippen LogP contribution in [0.15, 0.2) is 60.9 Å². The molecule has 0 N–H and O–H groups in total. The third kappa shape index (κ3) is 7.78. The molecule has 0 saturated carbocycles. The van der Waals surface area contributed by atoms with Crippen LogP contribution >= 0.6 is 0 Å². The van der Waals surface area contributed by atoms with Gasteiger partial charge in [-0.1, -0.05) is 32.6 Å². The fourth-order valence-corrected chi connectivity index (χ4v) is 5.59. The molecule has 1 fully saturated rings. The van der Waals surface area contributed by atoms with Crippen LogP contribution < -0.4 is 4.74 Å². The second kappa shape index (κ2) is 12.9. The number of carbonyl (C=O) groups excluding carboxylic acids is 1. The van der Waals surface area contributed by atoms with E-state index < -0.39 is 8.07 Å². The lowest BCUT2D eigenvalue weighted by Gasteiger charge is -2.34. The highest BCUT2D eigenvalue weighted by atomic mass is 28.3. The third-order valence-corrected chi connectivity index (χ3v) is 9.02. The van der Waals surface area contributed by atoms with Gasteiger partial charge in [0.15, 0.2) is 0 Å². The molecule has 1 aliphatic rings. The fourth-order valence-electron chi connectivity index (χ4n) is 4.83. The Labute approximate surface area is 243 Å². The highest BCUT2D eigenvalue weighted by Crippen LogP contribution is 2.26. The molecule has 0 aliphatic carbocycles. The van der Waals surface area contributed by atoms with Crippen molar-refractivity contribution in [2.75, 3.05) is 32.8 Å². The van der Waals surface area contributed by atoms with Crippen molar-refractivity contribution < 1.29 is 14.3 Å². The molecule has 4 aromatic rings. The Hall–Kier alpha value is -3.60. The summed E-state index contributed by atoms with van der Waals surface area (Å²) in [6.07, 6.45) is 4.16. The van der Waals surface area contributed by atoms with E-state index in [4.69, 9.17) is 14.5 Å². The van der Waals surface area contributed by atoms with Crippen LogP contribution in [0.25, 0.3) is 22.2 Å². The first kappa shape index (κ1) is 28.9. The van der Waals surface area contributed by atoms with Crippen molar-refractivity contribution in [2.24, 2.45) is 0 Å². The van der Waals surface area contributed by atoms with Crippen LogP contribution in [0.1, 0.15) is 19.0 Å². The number of benzene rings is 1. The number of ether oxygens (including phenoxy) is 2. The van der Waals surface area contributed by atoms with Crippen LogP contribution in [0.4, 0.5) is 0 Å². The SMILES string of the molecule is CCC(=O)N1CCN(Cc2ccc3cc(Oc4ccc(-c5ccnn5COCC[Si](C)(C)C)cn4)ccc3n2)CC1. The predicted octanol–water partition coefficient (Wildman–Crippen LogP) is 5.65. The van der Waals surface area contributed by atoms with Gasteiger partial charge in [-0.2, -0.15) is 5.10 Å². The Balaban J connectivity index is 1.17. The smallest absolute Gasteiger partial charge is 0.222 e. The molecule has 0 radical (unpaired) electrons. The molecule has 1 amide bonds. The Bertz CT molecular complexity index is 1460. The lowest BCUT2D eigenvalue weighted by atomic mass is 10.2. The number of pyridine rings is 2. The zero-order valence-electron chi connectivity index (χ0n) is 24.5. The number of rotatable bonds is 11. The molecule has 4 heterocycles. The van der Waals surface area contributed by atoms with Gasteiger partial charge in [-0.05, 0) is 42.4 Å². The maximum atomic E-state index is 11.9. The summed E-state index contributed by atoms with van der Waals surface area (Å²) in [6, 6.07) is 17.0. The first-order valence-electron chi connectivity index (χ1n) is 14.4. The summed E-state index contributed by atoms with van der Waals surface area (Å²) in [6.45, 7) is 14.2. The molecule has 0 spiro atoms. The van der Waals surface area contributed by atoms with Crippen LogP contribution in [0, 0.1) is 0 Å². The molecule has 1 saturated heterocycles. The number of fused-ring (bicyclic) bond motifs is 1. The number of piperazine rings is 1. The number of aromatic nitrogens is 4. The molecule has 3 aromatic heterocycles. The van der Waals surface area contributed by atoms with Crippen LogP contribution in [-0.4, -0.2) is 76.3 Å². The van der Waals surface area contributed by atoms with Crippen molar-refractivity contribution >= 4 is 24.9 Å². The van der Waals surface area contributed by atoms with Crippen molar-refractivity contribution in [3.05, 3.63) is 66.6 Å². The highest BCUT2D eigenvalue weighted by molar-refractivity contribution is 6.76. The largest absolute Gasteiger partial charge is 0.439 e. The van der Waals surface area contributed by atoms with Gasteiger partial charge >= 0.3 is 0 Å². The standard InChI is InChI=1S/C31H40N6O3Si/c1-5-31(38)36-16-14-35(15-17-36)22-26-8-6-24-20-27(9-10-28(24)34-26)40-30-11-7-25(21-32-30)29-12-13-33-37(29)23-39-18-19-41(2,3)4/h6-13,20-21H,5,14-19,22-23H2,1-4H3. The maximum absolute atomic E-state index is 11.9. The van der Waals surface area contributed by atoms with E-state index in [1.165, 1.54) is 0 Å². The lowest BCUT2D eigenvalue weighted by Crippen LogP contribution is -2.48. The van der Waals surface area contributed by atoms with Gasteiger partial charge in [0.25, 0.3) is 0 Å². The van der Waals surface area contributed by atoms with E-state index >= 15 is 0 Å². The molecule has 1 aromatic carbocycles. The Morgan fingerprint density at radius 2 is 1.83 bits per heavy atom. The highest BCUT2D eigenvalue weighted by Gasteiger charge is 2.20. The molecule has 5 rings (SSSR count). The Morgan fingerprint density at radius 3 is 2.56 bits per heavy atom. The van der Waals surface area contributed by atoms with Crippen LogP contribution in [0.5, 0.6) is 11.6 Å². The molecule has 10 heteroatoms. The molecular weight excluding hydrogens is 532 g/mol. The fraction of sp³-hybridized carbons (Fsp3) is 0.419. The second-order valence-electron chi connectivity index (χ2n) is 11.7. The summed E-state index contributed by atoms with van der Waals surface area (Å²) >= 11 is 0. The van der Waals surface area contributed by atoms with E-state index in [1.807, 2.05) is 52.9 Å². The molecule has 9 nitrogen and oxygen atoms in total. The number of hydrogen-bond donors (Lipinski definition) is 0. The predicted molar refractivity (Wildman–Crippen MR) is 164 cm³/mol. The van der Waals surface area contributed by atoms with Crippen molar-refractivity contribution in [2.45, 2.75) is 52.3 Å². The van der Waals surface area contributed by atoms with E-state index in [1.54, 1.807) is 12.4 Å². The summed E-state index contributed by atoms with van der Waals surface area (Å²) in [7, 11) is -1.12. The second-order valence-corrected chi connectivity index (χ2v) is 17.3. The molecule has 1 aliphatic heterocycles. The number of nitrogens with zero attached hydrogens (tertiary/aromatic N) is 6. The number of hydrogen-bond acceptors (Lipinski definition) is 7. The minimum absolute atomic E-state index is 0.235. The van der Waals surface area contributed by atoms with Crippen molar-refractivity contribution in [1.82, 2.24) is 29.5 Å². The van der Waals surface area contributed by atoms with Crippen LogP contribution in [-0.2, 0) is 22.8 Å². The zero-order valence-corrected chi connectivity index (χ0v) is 25.5. The lowest BCUT2D eigenvalue weighted by molar-refractivity contribution is -0.132. The average molecular weight is 573 g/mol. The van der Waals surface area contributed by atoms with Crippen molar-refractivity contribution in [1.29, 1.82) is 0 Å². The molecule has 0 atom stereocenters. The Kier molecular flexibility index (Phi) is 9.11. The first-order chi connectivity index (χ1) is 19.8. The van der Waals surface area contributed by atoms with Gasteiger partial charge in [-0.3, -0.25) is 14.7 Å². The summed E-state index contributed by atoms with van der Waals surface area (Å²) in [5, 5.41) is 5.43. The van der Waals surface area contributed by atoms with Crippen molar-refractivity contribution in [3.63, 3.8) is 0 Å². The maximum Gasteiger partial charge on any atom is 0.222 e. The normalized spacial score (nSPS) is 14.5. The van der Waals surface area contributed by atoms with E-state index in [-0.39, 0.29) is 5.91 Å². The van der Waals surface area contributed by atoms with E-state index in [0.29, 0.717) is 24.8 Å². The summed E-state index contributed by atoms with van der Waals surface area (Å²) in [5.41, 5.74) is 3.87. The summed E-state index contributed by atoms with van der Waals surface area (Å²) in [4.78, 5) is 25.6. The molecule has 0 unspecified atom stereocenters. The van der Waals surface area contributed by atoms with Crippen LogP contribution in [0.2, 0.25) is 25.7 Å². The van der Waals surface area contributed by atoms with E-state index in [0.717, 1.165) is 73.2 Å². The van der Waals surface area contributed by atoms with Gasteiger partial charge in [0.2, 0.25) is 11.8 Å². The van der Waals surface area contributed by atoms with E-state index in [9.17, 15) is 4.79 Å². The minimum Gasteiger partial charge on any atom is -0.439 e. The topological polar surface area (TPSA) is 85.6 Å². The van der Waals surface area contributed by atoms with Gasteiger partial charge in [-0.25, -0.2) is 9.67 Å². The molecular formula is C31H40N6O3Si. The zero-order chi connectivity index (χ0) is 28.8. The number of carbonyl (C=O) groups is 1. The monoisotopic (exact) mass is 572 g/mol. The molecule has 41 heavy (non-hydrogen) atoms. The summed E-state index contributed by atoms with van der Waals surface area (Å²) < 4.78 is 13.8. The molecule has 216 valence electrons. The van der Waals surface area contributed by atoms with Gasteiger partial charge in [-0.15, -0.1) is 0 Å². The van der Waals surface area contributed by atoms with Crippen LogP contribution in [0.3, 0.4) is 0 Å². The summed E-state index contributed by atoms with van der Waals surface area (Å²) in [5.74, 6) is 1.47. The van der Waals surface area contributed by atoms with Gasteiger partial charge in [0.05, 0.1) is 16.9 Å². The third-order valence-electron chi connectivity index (χ3n) is 7.31. The minimum atomic E-state index is -1.12. The Morgan fingerprint density at radius 1 is 1.00 bits per heavy atom. The van der Waals surface area contributed by atoms with Gasteiger partial charge in [0, 0.05) is 83.2 Å². The number of amides is 1. The van der Waals surface area contributed by atoms with Crippen molar-refractivity contribution in [3.8, 4) is 22.9 Å². The van der Waals surface area contributed by atoms with Gasteiger partial charge in [0.1, 0.15) is 12.5 Å². The molecule has 0 bridgehead atoms. The van der Waals surface area contributed by atoms with Gasteiger partial charge < -0.3 is 14.4 Å². The average Bonchev–Trinajstić information content (AvgIpc) is 3.44. The quantitative estimate of drug-likeness (QED) is 0.170.